The fourth-order valence-corrected chi connectivity index (χ4v) is 2.73. The molecule has 150 valence electrons. The van der Waals surface area contributed by atoms with Gasteiger partial charge in [0, 0.05) is 6.04 Å². The number of hydrogen-bond acceptors (Lipinski definition) is 3. The molecule has 2 aromatic rings. The number of aryl methyl sites for hydroxylation is 1. The summed E-state index contributed by atoms with van der Waals surface area (Å²) >= 11 is 0. The standard InChI is InChI=1S/C23H30N2O3/c1-6-16(4)24-22(26)18-12-8-9-13-19(18)25-23(27)20(7-2)28-21-14-10-11-15(3)17(21)5/h8-14,16,20H,6-7H2,1-5H3,(H,24,26)(H,25,27)/t16-,20-/m1/s1. The highest BCUT2D eigenvalue weighted by atomic mass is 16.5. The second kappa shape index (κ2) is 9.93. The molecule has 0 heterocycles. The van der Waals surface area contributed by atoms with Crippen molar-refractivity contribution in [1.82, 2.24) is 5.32 Å². The average Bonchev–Trinajstić information content (AvgIpc) is 2.69. The van der Waals surface area contributed by atoms with Crippen LogP contribution < -0.4 is 15.4 Å². The molecule has 28 heavy (non-hydrogen) atoms. The van der Waals surface area contributed by atoms with E-state index in [9.17, 15) is 9.59 Å². The van der Waals surface area contributed by atoms with Crippen molar-refractivity contribution in [2.75, 3.05) is 5.32 Å². The van der Waals surface area contributed by atoms with Gasteiger partial charge in [0.1, 0.15) is 5.75 Å². The Kier molecular flexibility index (Phi) is 7.61. The molecule has 0 aliphatic carbocycles. The van der Waals surface area contributed by atoms with Crippen LogP contribution in [0.25, 0.3) is 0 Å². The first-order valence-electron chi connectivity index (χ1n) is 9.80. The van der Waals surface area contributed by atoms with Crippen LogP contribution in [0.5, 0.6) is 5.75 Å². The predicted molar refractivity (Wildman–Crippen MR) is 113 cm³/mol. The Hall–Kier alpha value is -2.82. The molecule has 2 rings (SSSR count). The number of amides is 2. The van der Waals surface area contributed by atoms with E-state index in [1.807, 2.05) is 52.8 Å². The Morgan fingerprint density at radius 1 is 1.00 bits per heavy atom. The lowest BCUT2D eigenvalue weighted by atomic mass is 10.1. The molecule has 2 aromatic carbocycles. The van der Waals surface area contributed by atoms with Crippen molar-refractivity contribution in [2.24, 2.45) is 0 Å². The molecule has 2 atom stereocenters. The lowest BCUT2D eigenvalue weighted by molar-refractivity contribution is -0.122. The normalized spacial score (nSPS) is 12.8. The minimum Gasteiger partial charge on any atom is -0.480 e. The van der Waals surface area contributed by atoms with Gasteiger partial charge in [-0.1, -0.05) is 38.1 Å². The highest BCUT2D eigenvalue weighted by Crippen LogP contribution is 2.23. The molecule has 0 aliphatic heterocycles. The summed E-state index contributed by atoms with van der Waals surface area (Å²) in [6.07, 6.45) is 0.702. The van der Waals surface area contributed by atoms with Crippen LogP contribution >= 0.6 is 0 Å². The summed E-state index contributed by atoms with van der Waals surface area (Å²) in [7, 11) is 0. The van der Waals surface area contributed by atoms with Gasteiger partial charge in [0.2, 0.25) is 0 Å². The van der Waals surface area contributed by atoms with E-state index in [0.29, 0.717) is 23.4 Å². The zero-order chi connectivity index (χ0) is 20.7. The number of ether oxygens (including phenoxy) is 1. The molecule has 2 amide bonds. The first-order valence-corrected chi connectivity index (χ1v) is 9.80. The van der Waals surface area contributed by atoms with E-state index in [4.69, 9.17) is 4.74 Å². The molecule has 0 spiro atoms. The minimum absolute atomic E-state index is 0.0623. The van der Waals surface area contributed by atoms with E-state index in [1.54, 1.807) is 24.3 Å². The summed E-state index contributed by atoms with van der Waals surface area (Å²) in [4.78, 5) is 25.4. The quantitative estimate of drug-likeness (QED) is 0.699. The molecule has 0 bridgehead atoms. The van der Waals surface area contributed by atoms with E-state index in [1.165, 1.54) is 0 Å². The van der Waals surface area contributed by atoms with Crippen LogP contribution in [0.15, 0.2) is 42.5 Å². The second-order valence-corrected chi connectivity index (χ2v) is 7.03. The molecule has 5 heteroatoms. The minimum atomic E-state index is -0.647. The predicted octanol–water partition coefficient (Wildman–Crippen LogP) is 4.63. The number of carbonyl (C=O) groups excluding carboxylic acids is 2. The molecular formula is C23H30N2O3. The maximum Gasteiger partial charge on any atom is 0.265 e. The molecule has 5 nitrogen and oxygen atoms in total. The van der Waals surface area contributed by atoms with Crippen molar-refractivity contribution in [2.45, 2.75) is 59.6 Å². The number of benzene rings is 2. The van der Waals surface area contributed by atoms with Crippen molar-refractivity contribution in [3.05, 3.63) is 59.2 Å². The van der Waals surface area contributed by atoms with Crippen LogP contribution in [-0.4, -0.2) is 24.0 Å². The van der Waals surface area contributed by atoms with Crippen LogP contribution in [-0.2, 0) is 4.79 Å². The van der Waals surface area contributed by atoms with E-state index in [-0.39, 0.29) is 17.9 Å². The first kappa shape index (κ1) is 21.5. The van der Waals surface area contributed by atoms with E-state index < -0.39 is 6.10 Å². The van der Waals surface area contributed by atoms with Gasteiger partial charge in [-0.25, -0.2) is 0 Å². The van der Waals surface area contributed by atoms with Gasteiger partial charge in [-0.3, -0.25) is 9.59 Å². The molecule has 2 N–H and O–H groups in total. The Morgan fingerprint density at radius 3 is 2.39 bits per heavy atom. The van der Waals surface area contributed by atoms with Crippen molar-refractivity contribution < 1.29 is 14.3 Å². The highest BCUT2D eigenvalue weighted by Gasteiger charge is 2.22. The Labute approximate surface area is 167 Å². The summed E-state index contributed by atoms with van der Waals surface area (Å²) in [6.45, 7) is 9.84. The van der Waals surface area contributed by atoms with Gasteiger partial charge in [0.25, 0.3) is 11.8 Å². The smallest absolute Gasteiger partial charge is 0.265 e. The maximum absolute atomic E-state index is 12.8. The van der Waals surface area contributed by atoms with Crippen LogP contribution in [0, 0.1) is 13.8 Å². The summed E-state index contributed by atoms with van der Waals surface area (Å²) in [5, 5.41) is 5.80. The van der Waals surface area contributed by atoms with Gasteiger partial charge in [-0.15, -0.1) is 0 Å². The van der Waals surface area contributed by atoms with Gasteiger partial charge in [-0.05, 0) is 62.9 Å². The molecule has 0 saturated heterocycles. The highest BCUT2D eigenvalue weighted by molar-refractivity contribution is 6.04. The van der Waals surface area contributed by atoms with Crippen molar-refractivity contribution in [1.29, 1.82) is 0 Å². The van der Waals surface area contributed by atoms with Crippen LogP contribution in [0.3, 0.4) is 0 Å². The maximum atomic E-state index is 12.8. The van der Waals surface area contributed by atoms with Crippen LogP contribution in [0.1, 0.15) is 55.1 Å². The number of carbonyl (C=O) groups is 2. The molecule has 0 aromatic heterocycles. The Balaban J connectivity index is 2.16. The second-order valence-electron chi connectivity index (χ2n) is 7.03. The zero-order valence-electron chi connectivity index (χ0n) is 17.3. The number of nitrogens with one attached hydrogen (secondary N) is 2. The third-order valence-corrected chi connectivity index (χ3v) is 4.91. The molecular weight excluding hydrogens is 352 g/mol. The fourth-order valence-electron chi connectivity index (χ4n) is 2.73. The third-order valence-electron chi connectivity index (χ3n) is 4.91. The first-order chi connectivity index (χ1) is 13.4. The molecule has 0 radical (unpaired) electrons. The van der Waals surface area contributed by atoms with Gasteiger partial charge in [0.15, 0.2) is 6.10 Å². The van der Waals surface area contributed by atoms with E-state index in [0.717, 1.165) is 17.5 Å². The third kappa shape index (κ3) is 5.35. The Morgan fingerprint density at radius 2 is 1.71 bits per heavy atom. The summed E-state index contributed by atoms with van der Waals surface area (Å²) in [6, 6.07) is 12.9. The molecule has 0 unspecified atom stereocenters. The molecule has 0 aliphatic rings. The summed E-state index contributed by atoms with van der Waals surface area (Å²) < 4.78 is 5.98. The summed E-state index contributed by atoms with van der Waals surface area (Å²) in [5.74, 6) is 0.228. The topological polar surface area (TPSA) is 67.4 Å². The fraction of sp³-hybridized carbons (Fsp3) is 0.391. The largest absolute Gasteiger partial charge is 0.480 e. The van der Waals surface area contributed by atoms with E-state index in [2.05, 4.69) is 10.6 Å². The number of hydrogen-bond donors (Lipinski definition) is 2. The number of anilines is 1. The molecule has 0 fully saturated rings. The van der Waals surface area contributed by atoms with Crippen molar-refractivity contribution in [3.8, 4) is 5.75 Å². The number of para-hydroxylation sites is 1. The lowest BCUT2D eigenvalue weighted by Crippen LogP contribution is -2.35. The monoisotopic (exact) mass is 382 g/mol. The SMILES string of the molecule is CC[C@@H](C)NC(=O)c1ccccc1NC(=O)[C@@H](CC)Oc1cccc(C)c1C. The average molecular weight is 383 g/mol. The van der Waals surface area contributed by atoms with Gasteiger partial charge in [-0.2, -0.15) is 0 Å². The zero-order valence-corrected chi connectivity index (χ0v) is 17.3. The van der Waals surface area contributed by atoms with Crippen molar-refractivity contribution >= 4 is 17.5 Å². The van der Waals surface area contributed by atoms with Crippen molar-refractivity contribution in [3.63, 3.8) is 0 Å². The Bertz CT molecular complexity index is 832. The van der Waals surface area contributed by atoms with Gasteiger partial charge in [0.05, 0.1) is 11.3 Å². The van der Waals surface area contributed by atoms with E-state index >= 15 is 0 Å². The number of rotatable bonds is 8. The van der Waals surface area contributed by atoms with Gasteiger partial charge < -0.3 is 15.4 Å². The van der Waals surface area contributed by atoms with Crippen LogP contribution in [0.2, 0.25) is 0 Å². The van der Waals surface area contributed by atoms with Crippen LogP contribution in [0.4, 0.5) is 5.69 Å². The summed E-state index contributed by atoms with van der Waals surface area (Å²) in [5.41, 5.74) is 3.05. The lowest BCUT2D eigenvalue weighted by Gasteiger charge is -2.20. The van der Waals surface area contributed by atoms with Gasteiger partial charge >= 0.3 is 0 Å². The molecule has 0 saturated carbocycles.